The summed E-state index contributed by atoms with van der Waals surface area (Å²) < 4.78 is 0. The lowest BCUT2D eigenvalue weighted by molar-refractivity contribution is -0.384. The van der Waals surface area contributed by atoms with Gasteiger partial charge in [0.1, 0.15) is 0 Å². The summed E-state index contributed by atoms with van der Waals surface area (Å²) >= 11 is 5.61. The predicted molar refractivity (Wildman–Crippen MR) is 59.2 cm³/mol. The molecule has 0 saturated heterocycles. The van der Waals surface area contributed by atoms with Gasteiger partial charge in [-0.1, -0.05) is 23.8 Å². The molecule has 0 aliphatic carbocycles. The van der Waals surface area contributed by atoms with E-state index in [1.165, 1.54) is 12.3 Å². The van der Waals surface area contributed by atoms with Crippen LogP contribution in [0.1, 0.15) is 6.92 Å². The number of nitrogens with zero attached hydrogens (tertiary/aromatic N) is 2. The summed E-state index contributed by atoms with van der Waals surface area (Å²) in [6, 6.07) is 1.26. The number of hydrogen-bond donors (Lipinski definition) is 1. The fourth-order valence-electron chi connectivity index (χ4n) is 0.939. The smallest absolute Gasteiger partial charge is 0.312 e. The fourth-order valence-corrected chi connectivity index (χ4v) is 1.09. The first-order chi connectivity index (χ1) is 7.00. The van der Waals surface area contributed by atoms with Crippen LogP contribution in [-0.2, 0) is 0 Å². The number of nitro groups is 1. The van der Waals surface area contributed by atoms with Gasteiger partial charge < -0.3 is 5.32 Å². The molecule has 1 aromatic rings. The van der Waals surface area contributed by atoms with Gasteiger partial charge in [0, 0.05) is 18.8 Å². The molecule has 0 radical (unpaired) electrons. The number of anilines is 1. The van der Waals surface area contributed by atoms with Crippen molar-refractivity contribution in [3.63, 3.8) is 0 Å². The quantitative estimate of drug-likeness (QED) is 0.488. The molecule has 6 heteroatoms. The summed E-state index contributed by atoms with van der Waals surface area (Å²) in [6.45, 7) is 5.93. The lowest BCUT2D eigenvalue weighted by Crippen LogP contribution is -2.06. The molecule has 1 N–H and O–H groups in total. The summed E-state index contributed by atoms with van der Waals surface area (Å²) in [5.41, 5.74) is 0.727. The average Bonchev–Trinajstić information content (AvgIpc) is 2.15. The van der Waals surface area contributed by atoms with Crippen LogP contribution in [-0.4, -0.2) is 16.5 Å². The first-order valence-corrected chi connectivity index (χ1v) is 4.56. The first kappa shape index (κ1) is 11.5. The van der Waals surface area contributed by atoms with E-state index in [1.807, 2.05) is 6.92 Å². The Morgan fingerprint density at radius 1 is 1.80 bits per heavy atom. The number of halogens is 1. The molecule has 0 saturated carbocycles. The van der Waals surface area contributed by atoms with Crippen LogP contribution in [0.15, 0.2) is 24.4 Å². The Kier molecular flexibility index (Phi) is 3.62. The van der Waals surface area contributed by atoms with Gasteiger partial charge in [0.05, 0.1) is 9.95 Å². The zero-order valence-corrected chi connectivity index (χ0v) is 8.91. The maximum absolute atomic E-state index is 10.7. The van der Waals surface area contributed by atoms with Crippen molar-refractivity contribution in [1.29, 1.82) is 0 Å². The van der Waals surface area contributed by atoms with Gasteiger partial charge in [0.15, 0.2) is 0 Å². The van der Waals surface area contributed by atoms with Crippen molar-refractivity contribution in [1.82, 2.24) is 4.98 Å². The van der Waals surface area contributed by atoms with E-state index in [2.05, 4.69) is 16.9 Å². The Morgan fingerprint density at radius 2 is 2.47 bits per heavy atom. The highest BCUT2D eigenvalue weighted by molar-refractivity contribution is 6.30. The van der Waals surface area contributed by atoms with Gasteiger partial charge in [-0.3, -0.25) is 10.1 Å². The largest absolute Gasteiger partial charge is 0.361 e. The highest BCUT2D eigenvalue weighted by Crippen LogP contribution is 2.24. The van der Waals surface area contributed by atoms with Gasteiger partial charge in [-0.25, -0.2) is 4.98 Å². The minimum absolute atomic E-state index is 0.135. The second-order valence-electron chi connectivity index (χ2n) is 3.09. The first-order valence-electron chi connectivity index (χ1n) is 4.19. The summed E-state index contributed by atoms with van der Waals surface area (Å²) in [6.07, 6.45) is 1.36. The molecule has 0 aliphatic rings. The molecule has 1 aromatic heterocycles. The molecule has 15 heavy (non-hydrogen) atoms. The Labute approximate surface area is 91.9 Å². The van der Waals surface area contributed by atoms with Crippen LogP contribution in [0, 0.1) is 10.1 Å². The third-order valence-electron chi connectivity index (χ3n) is 1.59. The van der Waals surface area contributed by atoms with Gasteiger partial charge in [-0.2, -0.15) is 0 Å². The molecule has 0 spiro atoms. The van der Waals surface area contributed by atoms with E-state index in [4.69, 9.17) is 11.6 Å². The Morgan fingerprint density at radius 3 is 3.00 bits per heavy atom. The van der Waals surface area contributed by atoms with Crippen LogP contribution in [0.3, 0.4) is 0 Å². The zero-order chi connectivity index (χ0) is 11.4. The van der Waals surface area contributed by atoms with Gasteiger partial charge in [-0.15, -0.1) is 0 Å². The van der Waals surface area contributed by atoms with Gasteiger partial charge in [-0.05, 0) is 6.92 Å². The van der Waals surface area contributed by atoms with Crippen molar-refractivity contribution < 1.29 is 4.92 Å². The summed E-state index contributed by atoms with van der Waals surface area (Å²) in [5.74, 6) is 0.201. The van der Waals surface area contributed by atoms with Crippen LogP contribution in [0.2, 0.25) is 5.02 Å². The minimum atomic E-state index is -0.528. The van der Waals surface area contributed by atoms with Crippen LogP contribution in [0.25, 0.3) is 0 Å². The molecular weight excluding hydrogens is 218 g/mol. The number of pyridine rings is 1. The van der Waals surface area contributed by atoms with Crippen molar-refractivity contribution in [3.05, 3.63) is 39.6 Å². The maximum atomic E-state index is 10.7. The third kappa shape index (κ3) is 3.21. The number of aromatic nitrogens is 1. The highest BCUT2D eigenvalue weighted by Gasteiger charge is 2.15. The van der Waals surface area contributed by atoms with E-state index >= 15 is 0 Å². The third-order valence-corrected chi connectivity index (χ3v) is 1.80. The van der Waals surface area contributed by atoms with Crippen molar-refractivity contribution in [2.45, 2.75) is 6.92 Å². The van der Waals surface area contributed by atoms with E-state index < -0.39 is 4.92 Å². The van der Waals surface area contributed by atoms with Crippen LogP contribution in [0.5, 0.6) is 0 Å². The van der Waals surface area contributed by atoms with Crippen LogP contribution >= 0.6 is 11.6 Å². The molecule has 0 fully saturated rings. The molecule has 0 amide bonds. The fraction of sp³-hybridized carbons (Fsp3) is 0.222. The van der Waals surface area contributed by atoms with E-state index in [9.17, 15) is 10.1 Å². The molecule has 0 bridgehead atoms. The van der Waals surface area contributed by atoms with Crippen molar-refractivity contribution in [3.8, 4) is 0 Å². The number of nitrogens with one attached hydrogen (secondary N) is 1. The Hall–Kier alpha value is -1.62. The number of hydrogen-bond acceptors (Lipinski definition) is 4. The molecule has 0 unspecified atom stereocenters. The molecule has 1 heterocycles. The zero-order valence-electron chi connectivity index (χ0n) is 8.16. The lowest BCUT2D eigenvalue weighted by atomic mass is 10.3. The Balaban J connectivity index is 2.95. The van der Waals surface area contributed by atoms with E-state index in [0.717, 1.165) is 5.57 Å². The molecule has 5 nitrogen and oxygen atoms in total. The van der Waals surface area contributed by atoms with Crippen molar-refractivity contribution in [2.75, 3.05) is 11.9 Å². The summed E-state index contributed by atoms with van der Waals surface area (Å²) in [4.78, 5) is 14.0. The maximum Gasteiger partial charge on any atom is 0.312 e. The number of rotatable bonds is 4. The van der Waals surface area contributed by atoms with Crippen LogP contribution in [0.4, 0.5) is 11.5 Å². The van der Waals surface area contributed by atoms with Crippen molar-refractivity contribution in [2.24, 2.45) is 0 Å². The van der Waals surface area contributed by atoms with Crippen LogP contribution < -0.4 is 5.32 Å². The molecule has 0 atom stereocenters. The minimum Gasteiger partial charge on any atom is -0.361 e. The van der Waals surface area contributed by atoms with Gasteiger partial charge in [0.25, 0.3) is 0 Å². The summed E-state index contributed by atoms with van der Waals surface area (Å²) in [5, 5.41) is 13.7. The van der Waals surface area contributed by atoms with Gasteiger partial charge >= 0.3 is 5.69 Å². The second kappa shape index (κ2) is 4.75. The molecule has 0 aromatic carbocycles. The van der Waals surface area contributed by atoms with E-state index in [0.29, 0.717) is 6.54 Å². The van der Waals surface area contributed by atoms with E-state index in [1.54, 1.807) is 0 Å². The lowest BCUT2D eigenvalue weighted by Gasteiger charge is -2.05. The predicted octanol–water partition coefficient (Wildman–Crippen LogP) is 2.63. The summed E-state index contributed by atoms with van der Waals surface area (Å²) in [7, 11) is 0. The SMILES string of the molecule is C=C(C)CNc1ncc(Cl)cc1[N+](=O)[O-]. The normalized spacial score (nSPS) is 9.73. The molecule has 80 valence electrons. The molecule has 0 aliphatic heterocycles. The van der Waals surface area contributed by atoms with Gasteiger partial charge in [0.2, 0.25) is 5.82 Å². The second-order valence-corrected chi connectivity index (χ2v) is 3.53. The molecule has 1 rings (SSSR count). The average molecular weight is 228 g/mol. The van der Waals surface area contributed by atoms with E-state index in [-0.39, 0.29) is 16.5 Å². The standard InChI is InChI=1S/C9H10ClN3O2/c1-6(2)4-11-9-8(13(14)15)3-7(10)5-12-9/h3,5H,1,4H2,2H3,(H,11,12). The molecular formula is C9H10ClN3O2. The Bertz CT molecular complexity index is 406. The van der Waals surface area contributed by atoms with Crippen molar-refractivity contribution >= 4 is 23.1 Å². The topological polar surface area (TPSA) is 68.1 Å². The highest BCUT2D eigenvalue weighted by atomic mass is 35.5. The monoisotopic (exact) mass is 227 g/mol.